The van der Waals surface area contributed by atoms with Crippen molar-refractivity contribution < 1.29 is 4.79 Å². The van der Waals surface area contributed by atoms with Gasteiger partial charge in [-0.2, -0.15) is 4.68 Å². The first-order valence-corrected chi connectivity index (χ1v) is 8.59. The van der Waals surface area contributed by atoms with E-state index in [-0.39, 0.29) is 12.1 Å². The van der Waals surface area contributed by atoms with E-state index < -0.39 is 0 Å². The quantitative estimate of drug-likeness (QED) is 0.747. The van der Waals surface area contributed by atoms with E-state index in [9.17, 15) is 4.79 Å². The molecular formula is C17H20N8O. The van der Waals surface area contributed by atoms with Crippen LogP contribution in [0.25, 0.3) is 11.5 Å². The van der Waals surface area contributed by atoms with Crippen molar-refractivity contribution in [3.8, 4) is 11.5 Å². The van der Waals surface area contributed by atoms with Gasteiger partial charge in [0.1, 0.15) is 23.7 Å². The van der Waals surface area contributed by atoms with Crippen LogP contribution in [-0.2, 0) is 12.8 Å². The highest BCUT2D eigenvalue weighted by Gasteiger charge is 2.24. The van der Waals surface area contributed by atoms with E-state index in [0.717, 1.165) is 30.5 Å². The lowest BCUT2D eigenvalue weighted by Gasteiger charge is -2.11. The maximum atomic E-state index is 12.6. The largest absolute Gasteiger partial charge is 0.382 e. The average molecular weight is 352 g/mol. The van der Waals surface area contributed by atoms with Gasteiger partial charge in [-0.15, -0.1) is 15.3 Å². The molecule has 3 aromatic rings. The number of fused-ring (bicyclic) bond motifs is 1. The summed E-state index contributed by atoms with van der Waals surface area (Å²) in [5.41, 5.74) is 8.41. The molecule has 0 spiro atoms. The molecule has 0 radical (unpaired) electrons. The van der Waals surface area contributed by atoms with Gasteiger partial charge in [0, 0.05) is 11.6 Å². The number of amides is 1. The van der Waals surface area contributed by atoms with Crippen molar-refractivity contribution in [3.05, 3.63) is 35.8 Å². The third-order valence-corrected chi connectivity index (χ3v) is 4.50. The standard InChI is InChI=1S/C17H20N8O/c1-10(2)24-9-19-22-16(24)12-6-4-8-14(20-12)21-17(26)25-13-7-3-5-11(13)15(18)23-25/h4,6,8-10H,3,5,7H2,1-2H3,(H2,18,23)(H,20,21,26). The predicted molar refractivity (Wildman–Crippen MR) is 96.7 cm³/mol. The zero-order chi connectivity index (χ0) is 18.3. The van der Waals surface area contributed by atoms with Crippen molar-refractivity contribution in [3.63, 3.8) is 0 Å². The molecule has 0 fully saturated rings. The summed E-state index contributed by atoms with van der Waals surface area (Å²) < 4.78 is 3.28. The van der Waals surface area contributed by atoms with E-state index >= 15 is 0 Å². The van der Waals surface area contributed by atoms with Gasteiger partial charge in [-0.05, 0) is 45.2 Å². The lowest BCUT2D eigenvalue weighted by Crippen LogP contribution is -2.23. The van der Waals surface area contributed by atoms with Crippen LogP contribution in [0.1, 0.15) is 37.6 Å². The third-order valence-electron chi connectivity index (χ3n) is 4.50. The minimum absolute atomic E-state index is 0.203. The Morgan fingerprint density at radius 2 is 2.15 bits per heavy atom. The molecule has 0 aliphatic heterocycles. The Hall–Kier alpha value is -3.23. The monoisotopic (exact) mass is 352 g/mol. The Bertz CT molecular complexity index is 971. The Morgan fingerprint density at radius 3 is 2.96 bits per heavy atom. The maximum absolute atomic E-state index is 12.6. The van der Waals surface area contributed by atoms with Crippen molar-refractivity contribution >= 4 is 17.7 Å². The fourth-order valence-electron chi connectivity index (χ4n) is 3.23. The fraction of sp³-hybridized carbons (Fsp3) is 0.353. The molecule has 26 heavy (non-hydrogen) atoms. The van der Waals surface area contributed by atoms with Gasteiger partial charge in [-0.25, -0.2) is 9.78 Å². The highest BCUT2D eigenvalue weighted by Crippen LogP contribution is 2.27. The minimum atomic E-state index is -0.366. The molecular weight excluding hydrogens is 332 g/mol. The lowest BCUT2D eigenvalue weighted by atomic mass is 10.3. The molecule has 1 aliphatic rings. The Balaban J connectivity index is 1.61. The molecule has 3 aromatic heterocycles. The summed E-state index contributed by atoms with van der Waals surface area (Å²) in [6, 6.07) is 5.22. The number of rotatable bonds is 3. The highest BCUT2D eigenvalue weighted by molar-refractivity contribution is 5.90. The zero-order valence-corrected chi connectivity index (χ0v) is 14.7. The zero-order valence-electron chi connectivity index (χ0n) is 14.7. The molecule has 9 nitrogen and oxygen atoms in total. The number of carbonyl (C=O) groups excluding carboxylic acids is 1. The van der Waals surface area contributed by atoms with Gasteiger partial charge in [-0.3, -0.25) is 5.32 Å². The van der Waals surface area contributed by atoms with Crippen molar-refractivity contribution in [2.75, 3.05) is 11.1 Å². The molecule has 0 saturated carbocycles. The molecule has 0 bridgehead atoms. The molecule has 0 saturated heterocycles. The molecule has 3 N–H and O–H groups in total. The van der Waals surface area contributed by atoms with Crippen LogP contribution in [0.4, 0.5) is 16.4 Å². The fourth-order valence-corrected chi connectivity index (χ4v) is 3.23. The van der Waals surface area contributed by atoms with Crippen LogP contribution < -0.4 is 11.1 Å². The van der Waals surface area contributed by atoms with Crippen LogP contribution in [0.15, 0.2) is 24.5 Å². The first-order chi connectivity index (χ1) is 12.5. The van der Waals surface area contributed by atoms with Crippen LogP contribution in [0, 0.1) is 0 Å². The summed E-state index contributed by atoms with van der Waals surface area (Å²) >= 11 is 0. The molecule has 0 unspecified atom stereocenters. The van der Waals surface area contributed by atoms with E-state index in [1.807, 2.05) is 30.5 Å². The van der Waals surface area contributed by atoms with Crippen LogP contribution in [0.2, 0.25) is 0 Å². The summed E-state index contributed by atoms with van der Waals surface area (Å²) in [5.74, 6) is 1.51. The molecule has 1 amide bonds. The number of hydrogen-bond donors (Lipinski definition) is 2. The number of carbonyl (C=O) groups is 1. The minimum Gasteiger partial charge on any atom is -0.382 e. The molecule has 4 rings (SSSR count). The second-order valence-electron chi connectivity index (χ2n) is 6.57. The Morgan fingerprint density at radius 1 is 1.31 bits per heavy atom. The van der Waals surface area contributed by atoms with Crippen LogP contribution in [0.3, 0.4) is 0 Å². The van der Waals surface area contributed by atoms with Gasteiger partial charge >= 0.3 is 6.03 Å². The van der Waals surface area contributed by atoms with Gasteiger partial charge in [-0.1, -0.05) is 6.07 Å². The first-order valence-electron chi connectivity index (χ1n) is 8.59. The number of hydrogen-bond acceptors (Lipinski definition) is 6. The highest BCUT2D eigenvalue weighted by atomic mass is 16.2. The lowest BCUT2D eigenvalue weighted by molar-refractivity contribution is 0.250. The average Bonchev–Trinajstić information content (AvgIpc) is 3.32. The molecule has 1 aliphatic carbocycles. The van der Waals surface area contributed by atoms with E-state index in [1.165, 1.54) is 4.68 Å². The third kappa shape index (κ3) is 2.71. The second kappa shape index (κ2) is 6.25. The van der Waals surface area contributed by atoms with Crippen molar-refractivity contribution in [2.45, 2.75) is 39.2 Å². The summed E-state index contributed by atoms with van der Waals surface area (Å²) in [4.78, 5) is 17.1. The number of nitrogens with one attached hydrogen (secondary N) is 1. The number of aromatic nitrogens is 6. The van der Waals surface area contributed by atoms with E-state index in [0.29, 0.717) is 23.2 Å². The predicted octanol–water partition coefficient (Wildman–Crippen LogP) is 2.27. The summed E-state index contributed by atoms with van der Waals surface area (Å²) in [6.45, 7) is 4.09. The number of anilines is 2. The molecule has 0 atom stereocenters. The van der Waals surface area contributed by atoms with E-state index in [2.05, 4.69) is 25.6 Å². The number of pyridine rings is 1. The van der Waals surface area contributed by atoms with Gasteiger partial charge in [0.15, 0.2) is 5.82 Å². The van der Waals surface area contributed by atoms with Crippen molar-refractivity contribution in [1.82, 2.24) is 29.5 Å². The summed E-state index contributed by atoms with van der Waals surface area (Å²) in [7, 11) is 0. The van der Waals surface area contributed by atoms with Crippen LogP contribution in [-0.4, -0.2) is 35.6 Å². The Kier molecular flexibility index (Phi) is 3.90. The van der Waals surface area contributed by atoms with Crippen molar-refractivity contribution in [1.29, 1.82) is 0 Å². The van der Waals surface area contributed by atoms with E-state index in [4.69, 9.17) is 5.73 Å². The van der Waals surface area contributed by atoms with Crippen molar-refractivity contribution in [2.24, 2.45) is 0 Å². The summed E-state index contributed by atoms with van der Waals surface area (Å²) in [5, 5.41) is 15.1. The van der Waals surface area contributed by atoms with Gasteiger partial charge in [0.25, 0.3) is 0 Å². The van der Waals surface area contributed by atoms with Gasteiger partial charge in [0.2, 0.25) is 0 Å². The normalized spacial score (nSPS) is 13.2. The number of nitrogen functional groups attached to an aromatic ring is 1. The van der Waals surface area contributed by atoms with Gasteiger partial charge < -0.3 is 10.3 Å². The second-order valence-corrected chi connectivity index (χ2v) is 6.57. The number of nitrogens with zero attached hydrogens (tertiary/aromatic N) is 6. The first kappa shape index (κ1) is 16.2. The van der Waals surface area contributed by atoms with Crippen LogP contribution in [0.5, 0.6) is 0 Å². The topological polar surface area (TPSA) is 117 Å². The molecule has 134 valence electrons. The maximum Gasteiger partial charge on any atom is 0.347 e. The molecule has 9 heteroatoms. The SMILES string of the molecule is CC(C)n1cnnc1-c1cccc(NC(=O)n2nc(N)c3c2CCC3)n1. The van der Waals surface area contributed by atoms with Gasteiger partial charge in [0.05, 0.1) is 5.69 Å². The molecule has 0 aromatic carbocycles. The smallest absolute Gasteiger partial charge is 0.347 e. The Labute approximate surface area is 150 Å². The van der Waals surface area contributed by atoms with E-state index in [1.54, 1.807) is 12.4 Å². The summed E-state index contributed by atoms with van der Waals surface area (Å²) in [6.07, 6.45) is 4.33. The van der Waals surface area contributed by atoms with Crippen LogP contribution >= 0.6 is 0 Å². The number of nitrogens with two attached hydrogens (primary N) is 1. The molecule has 3 heterocycles.